The summed E-state index contributed by atoms with van der Waals surface area (Å²) in [5.74, 6) is 0. The molecule has 3 aromatic heterocycles. The average Bonchev–Trinajstić information content (AvgIpc) is 3.17. The summed E-state index contributed by atoms with van der Waals surface area (Å²) in [7, 11) is -3.23. The lowest BCUT2D eigenvalue weighted by molar-refractivity contribution is 0.602. The summed E-state index contributed by atoms with van der Waals surface area (Å²) in [6.07, 6.45) is 2.89. The van der Waals surface area contributed by atoms with Crippen LogP contribution in [-0.2, 0) is 9.84 Å². The Morgan fingerprint density at radius 2 is 1.71 bits per heavy atom. The third-order valence-corrected chi connectivity index (χ3v) is 5.43. The second kappa shape index (κ2) is 6.97. The zero-order chi connectivity index (χ0) is 19.7. The normalized spacial score (nSPS) is 11.5. The van der Waals surface area contributed by atoms with E-state index < -0.39 is 9.84 Å². The van der Waals surface area contributed by atoms with Crippen LogP contribution in [0.25, 0.3) is 33.9 Å². The molecule has 1 aromatic carbocycles. The molecule has 0 unspecified atom stereocenters. The van der Waals surface area contributed by atoms with E-state index in [-0.39, 0.29) is 4.90 Å². The standard InChI is InChI=1S/C20H17N5O2S/c1-13-4-3-5-17(22-13)20-19(23-25-24-20)15-10-11-21-18(12-15)14-6-8-16(9-7-14)28(2,26)27/h3-12H,1-2H3,(H,23,24,25). The first kappa shape index (κ1) is 18.0. The number of benzene rings is 1. The molecule has 3 heterocycles. The van der Waals surface area contributed by atoms with Crippen LogP contribution in [0, 0.1) is 6.92 Å². The number of H-pyrrole nitrogens is 1. The van der Waals surface area contributed by atoms with Gasteiger partial charge in [0.2, 0.25) is 0 Å². The fourth-order valence-electron chi connectivity index (χ4n) is 2.90. The number of aromatic nitrogens is 5. The molecule has 4 aromatic rings. The molecule has 0 atom stereocenters. The second-order valence-electron chi connectivity index (χ2n) is 6.43. The number of nitrogens with one attached hydrogen (secondary N) is 1. The van der Waals surface area contributed by atoms with Crippen molar-refractivity contribution in [2.24, 2.45) is 0 Å². The number of hydrogen-bond donors (Lipinski definition) is 1. The maximum atomic E-state index is 11.6. The summed E-state index contributed by atoms with van der Waals surface area (Å²) >= 11 is 0. The number of hydrogen-bond acceptors (Lipinski definition) is 6. The van der Waals surface area contributed by atoms with E-state index in [0.29, 0.717) is 5.69 Å². The van der Waals surface area contributed by atoms with Crippen molar-refractivity contribution >= 4 is 9.84 Å². The Hall–Kier alpha value is -3.39. The van der Waals surface area contributed by atoms with Gasteiger partial charge in [0, 0.05) is 29.3 Å². The van der Waals surface area contributed by atoms with Crippen LogP contribution in [0.15, 0.2) is 65.7 Å². The predicted octanol–water partition coefficient (Wildman–Crippen LogP) is 3.31. The number of rotatable bonds is 4. The predicted molar refractivity (Wildman–Crippen MR) is 106 cm³/mol. The smallest absolute Gasteiger partial charge is 0.175 e. The summed E-state index contributed by atoms with van der Waals surface area (Å²) in [6, 6.07) is 16.2. The van der Waals surface area contributed by atoms with Crippen molar-refractivity contribution in [3.8, 4) is 33.9 Å². The van der Waals surface area contributed by atoms with Gasteiger partial charge in [-0.2, -0.15) is 0 Å². The van der Waals surface area contributed by atoms with Crippen molar-refractivity contribution in [3.05, 3.63) is 66.5 Å². The van der Waals surface area contributed by atoms with E-state index in [9.17, 15) is 8.42 Å². The fraction of sp³-hybridized carbons (Fsp3) is 0.100. The van der Waals surface area contributed by atoms with Crippen molar-refractivity contribution in [1.82, 2.24) is 25.4 Å². The van der Waals surface area contributed by atoms with Crippen LogP contribution < -0.4 is 0 Å². The molecule has 0 spiro atoms. The van der Waals surface area contributed by atoms with E-state index in [2.05, 4.69) is 25.4 Å². The summed E-state index contributed by atoms with van der Waals surface area (Å²) in [5.41, 5.74) is 5.43. The molecule has 0 amide bonds. The maximum Gasteiger partial charge on any atom is 0.175 e. The van der Waals surface area contributed by atoms with Gasteiger partial charge in [-0.05, 0) is 43.3 Å². The molecule has 1 N–H and O–H groups in total. The Labute approximate surface area is 162 Å². The highest BCUT2D eigenvalue weighted by Crippen LogP contribution is 2.29. The second-order valence-corrected chi connectivity index (χ2v) is 8.44. The minimum atomic E-state index is -3.23. The maximum absolute atomic E-state index is 11.6. The SMILES string of the molecule is Cc1cccc(-c2nn[nH]c2-c2ccnc(-c3ccc(S(C)(=O)=O)cc3)c2)n1. The molecule has 28 heavy (non-hydrogen) atoms. The van der Waals surface area contributed by atoms with Gasteiger partial charge in [-0.1, -0.05) is 23.4 Å². The van der Waals surface area contributed by atoms with Crippen molar-refractivity contribution in [1.29, 1.82) is 0 Å². The van der Waals surface area contributed by atoms with Gasteiger partial charge in [0.15, 0.2) is 9.84 Å². The van der Waals surface area contributed by atoms with Crippen molar-refractivity contribution in [2.75, 3.05) is 6.26 Å². The van der Waals surface area contributed by atoms with Gasteiger partial charge in [-0.25, -0.2) is 8.42 Å². The Kier molecular flexibility index (Phi) is 4.48. The number of nitrogens with zero attached hydrogens (tertiary/aromatic N) is 4. The van der Waals surface area contributed by atoms with E-state index in [1.165, 1.54) is 6.26 Å². The highest BCUT2D eigenvalue weighted by molar-refractivity contribution is 7.90. The largest absolute Gasteiger partial charge is 0.257 e. The van der Waals surface area contributed by atoms with E-state index in [0.717, 1.165) is 33.9 Å². The van der Waals surface area contributed by atoms with Crippen molar-refractivity contribution in [2.45, 2.75) is 11.8 Å². The number of sulfone groups is 1. The monoisotopic (exact) mass is 391 g/mol. The van der Waals surface area contributed by atoms with E-state index in [1.54, 1.807) is 30.5 Å². The first-order valence-electron chi connectivity index (χ1n) is 8.54. The van der Waals surface area contributed by atoms with Gasteiger partial charge in [-0.3, -0.25) is 15.1 Å². The van der Waals surface area contributed by atoms with Gasteiger partial charge in [0.05, 0.1) is 22.0 Å². The fourth-order valence-corrected chi connectivity index (χ4v) is 3.53. The lowest BCUT2D eigenvalue weighted by Crippen LogP contribution is -1.96. The van der Waals surface area contributed by atoms with E-state index >= 15 is 0 Å². The highest BCUT2D eigenvalue weighted by atomic mass is 32.2. The zero-order valence-electron chi connectivity index (χ0n) is 15.3. The van der Waals surface area contributed by atoms with Crippen LogP contribution in [0.2, 0.25) is 0 Å². The van der Waals surface area contributed by atoms with Crippen LogP contribution in [0.5, 0.6) is 0 Å². The van der Waals surface area contributed by atoms with Crippen LogP contribution in [0.1, 0.15) is 5.69 Å². The highest BCUT2D eigenvalue weighted by Gasteiger charge is 2.14. The van der Waals surface area contributed by atoms with Gasteiger partial charge >= 0.3 is 0 Å². The Balaban J connectivity index is 1.74. The molecule has 0 bridgehead atoms. The van der Waals surface area contributed by atoms with Crippen LogP contribution in [0.4, 0.5) is 0 Å². The minimum absolute atomic E-state index is 0.276. The minimum Gasteiger partial charge on any atom is -0.257 e. The molecule has 140 valence electrons. The zero-order valence-corrected chi connectivity index (χ0v) is 16.1. The van der Waals surface area contributed by atoms with Gasteiger partial charge in [-0.15, -0.1) is 5.10 Å². The molecule has 0 fully saturated rings. The molecule has 8 heteroatoms. The lowest BCUT2D eigenvalue weighted by atomic mass is 10.1. The average molecular weight is 391 g/mol. The third-order valence-electron chi connectivity index (χ3n) is 4.31. The number of pyridine rings is 2. The van der Waals surface area contributed by atoms with E-state index in [4.69, 9.17) is 0 Å². The topological polar surface area (TPSA) is 101 Å². The summed E-state index contributed by atoms with van der Waals surface area (Å²) in [4.78, 5) is 9.20. The lowest BCUT2D eigenvalue weighted by Gasteiger charge is -2.06. The summed E-state index contributed by atoms with van der Waals surface area (Å²) in [6.45, 7) is 1.92. The number of aryl methyl sites for hydroxylation is 1. The van der Waals surface area contributed by atoms with Gasteiger partial charge in [0.25, 0.3) is 0 Å². The molecule has 0 saturated carbocycles. The van der Waals surface area contributed by atoms with Crippen LogP contribution in [-0.4, -0.2) is 40.1 Å². The van der Waals surface area contributed by atoms with Crippen molar-refractivity contribution in [3.63, 3.8) is 0 Å². The summed E-state index contributed by atoms with van der Waals surface area (Å²) in [5, 5.41) is 11.1. The summed E-state index contributed by atoms with van der Waals surface area (Å²) < 4.78 is 23.3. The molecule has 0 radical (unpaired) electrons. The van der Waals surface area contributed by atoms with E-state index in [1.807, 2.05) is 37.3 Å². The van der Waals surface area contributed by atoms with Crippen LogP contribution in [0.3, 0.4) is 0 Å². The molecule has 0 aliphatic carbocycles. The molecule has 4 rings (SSSR count). The van der Waals surface area contributed by atoms with Gasteiger partial charge < -0.3 is 0 Å². The molecule has 0 aliphatic rings. The molecule has 0 aliphatic heterocycles. The quantitative estimate of drug-likeness (QED) is 0.573. The molecular formula is C20H17N5O2S. The Bertz CT molecular complexity index is 1250. The molecule has 0 saturated heterocycles. The Morgan fingerprint density at radius 1 is 0.929 bits per heavy atom. The Morgan fingerprint density at radius 3 is 2.43 bits per heavy atom. The molecular weight excluding hydrogens is 374 g/mol. The third kappa shape index (κ3) is 3.54. The van der Waals surface area contributed by atoms with Crippen LogP contribution >= 0.6 is 0 Å². The van der Waals surface area contributed by atoms with Gasteiger partial charge in [0.1, 0.15) is 5.69 Å². The first-order valence-corrected chi connectivity index (χ1v) is 10.4. The first-order chi connectivity index (χ1) is 13.4. The molecule has 7 nitrogen and oxygen atoms in total. The van der Waals surface area contributed by atoms with Crippen molar-refractivity contribution < 1.29 is 8.42 Å². The number of aromatic amines is 1.